The Bertz CT molecular complexity index is 2340. The van der Waals surface area contributed by atoms with Crippen molar-refractivity contribution in [3.63, 3.8) is 0 Å². The number of aryl methyl sites for hydroxylation is 12. The van der Waals surface area contributed by atoms with Gasteiger partial charge < -0.3 is 0 Å². The van der Waals surface area contributed by atoms with Gasteiger partial charge in [-0.05, 0) is 0 Å². The van der Waals surface area contributed by atoms with E-state index in [1.54, 1.807) is 0 Å². The van der Waals surface area contributed by atoms with Gasteiger partial charge in [0.25, 0.3) is 0 Å². The number of aromatic nitrogens is 4. The minimum absolute atomic E-state index is 0.807. The molecule has 7 rings (SSSR count). The van der Waals surface area contributed by atoms with Gasteiger partial charge in [0.1, 0.15) is 0 Å². The molecule has 0 unspecified atom stereocenters. The molecule has 2 aromatic heterocycles. The molecule has 4 aromatic carbocycles. The zero-order chi connectivity index (χ0) is 38.1. The Morgan fingerprint density at radius 1 is 0.415 bits per heavy atom. The summed E-state index contributed by atoms with van der Waals surface area (Å²) in [5, 5.41) is 0. The molecule has 0 radical (unpaired) electrons. The van der Waals surface area contributed by atoms with E-state index in [0.717, 1.165) is 14.4 Å². The van der Waals surface area contributed by atoms with Crippen LogP contribution < -0.4 is 0 Å². The summed E-state index contributed by atoms with van der Waals surface area (Å²) in [5.41, 5.74) is 19.7. The number of allylic oxidation sites excluding steroid dienone is 4. The van der Waals surface area contributed by atoms with E-state index in [1.165, 1.54) is 93.7 Å². The van der Waals surface area contributed by atoms with E-state index in [9.17, 15) is 0 Å². The molecule has 0 fully saturated rings. The van der Waals surface area contributed by atoms with Gasteiger partial charge in [0.15, 0.2) is 0 Å². The molecule has 1 aliphatic carbocycles. The number of rotatable bonds is 5. The second kappa shape index (κ2) is 13.8. The first-order chi connectivity index (χ1) is 25.1. The molecule has 53 heavy (non-hydrogen) atoms. The summed E-state index contributed by atoms with van der Waals surface area (Å²) < 4.78 is 13.4. The summed E-state index contributed by atoms with van der Waals surface area (Å²) in [5.74, 6) is 0. The third-order valence-electron chi connectivity index (χ3n) is 10.5. The zero-order valence-electron chi connectivity index (χ0n) is 33.4. The maximum atomic E-state index is 9.02. The molecule has 6 aromatic rings. The number of hydrogen-bond donors (Lipinski definition) is 0. The fourth-order valence-electron chi connectivity index (χ4n) is 8.94. The van der Waals surface area contributed by atoms with Crippen LogP contribution in [0, 0.1) is 91.1 Å². The third-order valence-corrected chi connectivity index (χ3v) is 18.9. The van der Waals surface area contributed by atoms with Crippen LogP contribution in [0.4, 0.5) is 0 Å². The van der Waals surface area contributed by atoms with Gasteiger partial charge in [-0.2, -0.15) is 0 Å². The van der Waals surface area contributed by atoms with Crippen molar-refractivity contribution >= 4 is 9.69 Å². The number of hydrogen-bond acceptors (Lipinski definition) is 0. The standard InChI is InChI=1S/2C21H24N2.C5H5.ClH.Ru/c2*1-14-9-16(3)20(17(4)10-14)22-7-8-23(13-22)21-18(5)11-15(2)12-19(21)6;1-2-4-5-3-1;;/h2*7-12H,1-6H3;1-3H,4H2;1H;/q;;;;+1/p-1. The van der Waals surface area contributed by atoms with Gasteiger partial charge >= 0.3 is 324 Å². The van der Waals surface area contributed by atoms with Crippen LogP contribution in [-0.2, 0) is 12.9 Å². The molecule has 276 valence electrons. The molecule has 4 nitrogen and oxygen atoms in total. The van der Waals surface area contributed by atoms with E-state index < -0.39 is 12.9 Å². The van der Waals surface area contributed by atoms with Crippen LogP contribution >= 0.6 is 9.69 Å². The molecule has 0 spiro atoms. The molecule has 1 aliphatic rings. The summed E-state index contributed by atoms with van der Waals surface area (Å²) in [6.45, 7) is 26.7. The number of nitrogens with zero attached hydrogens (tertiary/aromatic N) is 4. The molecule has 0 saturated carbocycles. The van der Waals surface area contributed by atoms with Crippen LogP contribution in [0.2, 0.25) is 0 Å². The first-order valence-electron chi connectivity index (χ1n) is 18.5. The Morgan fingerprint density at radius 2 is 0.660 bits per heavy atom. The van der Waals surface area contributed by atoms with Crippen LogP contribution in [0.25, 0.3) is 22.7 Å². The zero-order valence-corrected chi connectivity index (χ0v) is 35.9. The monoisotopic (exact) mass is 810 g/mol. The molecule has 0 atom stereocenters. The van der Waals surface area contributed by atoms with Gasteiger partial charge in [-0.1, -0.05) is 0 Å². The Balaban J connectivity index is 1.92. The predicted octanol–water partition coefficient (Wildman–Crippen LogP) is 12.5. The van der Waals surface area contributed by atoms with Crippen LogP contribution in [-0.4, -0.2) is 18.3 Å². The van der Waals surface area contributed by atoms with Crippen molar-refractivity contribution in [1.82, 2.24) is 18.3 Å². The van der Waals surface area contributed by atoms with E-state index in [2.05, 4.69) is 193 Å². The normalized spacial score (nSPS) is 13.3. The van der Waals surface area contributed by atoms with Crippen LogP contribution in [0.1, 0.15) is 73.2 Å². The first kappa shape index (κ1) is 37.0. The van der Waals surface area contributed by atoms with Gasteiger partial charge in [0, 0.05) is 0 Å². The van der Waals surface area contributed by atoms with Crippen LogP contribution in [0.3, 0.4) is 0 Å². The predicted molar refractivity (Wildman–Crippen MR) is 221 cm³/mol. The van der Waals surface area contributed by atoms with Crippen molar-refractivity contribution in [2.75, 3.05) is 0 Å². The van der Waals surface area contributed by atoms with E-state index in [-0.39, 0.29) is 0 Å². The second-order valence-electron chi connectivity index (χ2n) is 15.3. The van der Waals surface area contributed by atoms with Crippen molar-refractivity contribution < 1.29 is 12.9 Å². The Hall–Kier alpha value is -4.31. The number of halogens is 1. The second-order valence-corrected chi connectivity index (χ2v) is 22.6. The average Bonchev–Trinajstić information content (AvgIpc) is 3.81. The summed E-state index contributed by atoms with van der Waals surface area (Å²) in [7, 11) is 9.02. The third kappa shape index (κ3) is 6.20. The van der Waals surface area contributed by atoms with Crippen molar-refractivity contribution in [3.05, 3.63) is 171 Å². The Kier molecular flexibility index (Phi) is 9.67. The van der Waals surface area contributed by atoms with E-state index in [0.29, 0.717) is 0 Å². The van der Waals surface area contributed by atoms with Crippen molar-refractivity contribution in [1.29, 1.82) is 0 Å². The molecule has 6 heteroatoms. The van der Waals surface area contributed by atoms with Gasteiger partial charge in [0.05, 0.1) is 0 Å². The molecular weight excluding hydrogens is 757 g/mol. The molecule has 0 aliphatic heterocycles. The van der Waals surface area contributed by atoms with Crippen LogP contribution in [0.5, 0.6) is 0 Å². The van der Waals surface area contributed by atoms with Crippen molar-refractivity contribution in [2.24, 2.45) is 0 Å². The molecule has 0 amide bonds. The molecule has 2 heterocycles. The first-order valence-corrected chi connectivity index (χ1v) is 23.3. The average molecular weight is 810 g/mol. The minimum atomic E-state index is -4.01. The van der Waals surface area contributed by atoms with E-state index in [4.69, 9.17) is 9.69 Å². The molecular formula is C47H53ClN4Ru. The molecule has 0 bridgehead atoms. The summed E-state index contributed by atoms with van der Waals surface area (Å²) in [6, 6.07) is 18.4. The quantitative estimate of drug-likeness (QED) is 0.155. The van der Waals surface area contributed by atoms with Gasteiger partial charge in [-0.25, -0.2) is 0 Å². The van der Waals surface area contributed by atoms with E-state index in [1.807, 2.05) is 0 Å². The van der Waals surface area contributed by atoms with Crippen LogP contribution in [0.15, 0.2) is 95.7 Å². The van der Waals surface area contributed by atoms with E-state index >= 15 is 0 Å². The topological polar surface area (TPSA) is 19.7 Å². The summed E-state index contributed by atoms with van der Waals surface area (Å²) >= 11 is -4.01. The van der Waals surface area contributed by atoms with Crippen molar-refractivity contribution in [2.45, 2.75) is 89.5 Å². The number of imidazole rings is 2. The van der Waals surface area contributed by atoms with Crippen molar-refractivity contribution in [3.8, 4) is 22.7 Å². The molecule has 0 N–H and O–H groups in total. The van der Waals surface area contributed by atoms with Gasteiger partial charge in [0.2, 0.25) is 0 Å². The fraction of sp³-hybridized carbons (Fsp3) is 0.277. The molecule has 0 saturated heterocycles. The van der Waals surface area contributed by atoms with Gasteiger partial charge in [-0.15, -0.1) is 0 Å². The maximum absolute atomic E-state index is 9.02. The summed E-state index contributed by atoms with van der Waals surface area (Å²) in [6.07, 6.45) is 16.7. The van der Waals surface area contributed by atoms with Gasteiger partial charge in [-0.3, -0.25) is 0 Å². The number of benzene rings is 4. The SMILES string of the molecule is Cc1cc(C)c(-n2ccn(-c3c(C)cc(C)cc3C)[c]2=[Ru]([Cl])([C]2=CC=CC2)=[c]2n(-c3c(C)cc(C)cc3C)ccn2-c2c(C)cc(C)cc2C)c(C)c1. The Morgan fingerprint density at radius 3 is 0.868 bits per heavy atom. The fourth-order valence-corrected chi connectivity index (χ4v) is 17.3. The summed E-state index contributed by atoms with van der Waals surface area (Å²) in [4.78, 5) is 0. The Labute approximate surface area is 321 Å².